The number of piperidine rings is 3. The summed E-state index contributed by atoms with van der Waals surface area (Å²) in [5.41, 5.74) is 1.75. The molecule has 3 aliphatic rings. The van der Waals surface area contributed by atoms with Crippen molar-refractivity contribution in [3.63, 3.8) is 0 Å². The first-order valence-corrected chi connectivity index (χ1v) is 10.6. The monoisotopic (exact) mass is 381 g/mol. The summed E-state index contributed by atoms with van der Waals surface area (Å²) < 4.78 is 13.8. The van der Waals surface area contributed by atoms with Crippen molar-refractivity contribution < 1.29 is 9.18 Å². The van der Waals surface area contributed by atoms with E-state index in [1.54, 1.807) is 6.07 Å². The average molecular weight is 381 g/mol. The lowest BCUT2D eigenvalue weighted by molar-refractivity contribution is -0.0643. The van der Waals surface area contributed by atoms with Crippen LogP contribution in [0, 0.1) is 17.7 Å². The number of aromatic nitrogens is 1. The minimum atomic E-state index is -0.159. The van der Waals surface area contributed by atoms with Crippen LogP contribution in [0.1, 0.15) is 41.7 Å². The number of amides is 1. The summed E-state index contributed by atoms with van der Waals surface area (Å²) in [6.07, 6.45) is 7.63. The molecule has 1 aromatic carbocycles. The summed E-state index contributed by atoms with van der Waals surface area (Å²) in [5, 5.41) is 0. The van der Waals surface area contributed by atoms with E-state index in [1.165, 1.54) is 31.7 Å². The maximum atomic E-state index is 13.8. The second-order valence-corrected chi connectivity index (χ2v) is 8.75. The first-order valence-electron chi connectivity index (χ1n) is 10.6. The number of carbonyl (C=O) groups excluding carboxylic acids is 1. The van der Waals surface area contributed by atoms with Gasteiger partial charge in [-0.05, 0) is 73.9 Å². The molecule has 148 valence electrons. The zero-order valence-electron chi connectivity index (χ0n) is 16.2. The maximum Gasteiger partial charge on any atom is 0.270 e. The first-order chi connectivity index (χ1) is 13.7. The van der Waals surface area contributed by atoms with Crippen LogP contribution in [0.5, 0.6) is 0 Å². The number of hydrogen-bond donors (Lipinski definition) is 1. The molecule has 5 rings (SSSR count). The van der Waals surface area contributed by atoms with Gasteiger partial charge in [-0.15, -0.1) is 0 Å². The molecule has 3 aliphatic heterocycles. The van der Waals surface area contributed by atoms with Crippen LogP contribution in [0.25, 0.3) is 0 Å². The Bertz CT molecular complexity index is 836. The highest BCUT2D eigenvalue weighted by atomic mass is 19.1. The third kappa shape index (κ3) is 3.26. The molecule has 5 heteroatoms. The van der Waals surface area contributed by atoms with Crippen LogP contribution in [0.2, 0.25) is 0 Å². The van der Waals surface area contributed by atoms with Gasteiger partial charge < -0.3 is 9.88 Å². The van der Waals surface area contributed by atoms with Crippen LogP contribution in [-0.2, 0) is 6.42 Å². The van der Waals surface area contributed by atoms with E-state index in [0.717, 1.165) is 31.6 Å². The minimum absolute atomic E-state index is 0.119. The van der Waals surface area contributed by atoms with Gasteiger partial charge in [-0.25, -0.2) is 4.39 Å². The van der Waals surface area contributed by atoms with Crippen LogP contribution in [0.3, 0.4) is 0 Å². The normalized spacial score (nSPS) is 30.1. The molecular formula is C23H28FN3O. The Morgan fingerprint density at radius 1 is 1.14 bits per heavy atom. The van der Waals surface area contributed by atoms with Gasteiger partial charge in [0.2, 0.25) is 0 Å². The number of benzene rings is 1. The highest BCUT2D eigenvalue weighted by Gasteiger charge is 2.47. The van der Waals surface area contributed by atoms with E-state index in [9.17, 15) is 9.18 Å². The molecule has 0 aliphatic carbocycles. The van der Waals surface area contributed by atoms with Crippen molar-refractivity contribution in [3.05, 3.63) is 59.7 Å². The van der Waals surface area contributed by atoms with Gasteiger partial charge in [0, 0.05) is 31.4 Å². The lowest BCUT2D eigenvalue weighted by atomic mass is 9.71. The van der Waals surface area contributed by atoms with Crippen molar-refractivity contribution in [1.29, 1.82) is 0 Å². The molecule has 1 N–H and O–H groups in total. The Morgan fingerprint density at radius 3 is 2.86 bits per heavy atom. The van der Waals surface area contributed by atoms with Crippen molar-refractivity contribution in [2.75, 3.05) is 19.6 Å². The SMILES string of the molecule is O=C(c1ccc[nH]1)N1C[C@H]2C[C@@H](C1)[C@H](Cc1cccc(F)c1)N1CCCC[C@@H]21. The van der Waals surface area contributed by atoms with E-state index < -0.39 is 0 Å². The van der Waals surface area contributed by atoms with E-state index >= 15 is 0 Å². The van der Waals surface area contributed by atoms with Gasteiger partial charge in [0.05, 0.1) is 0 Å². The zero-order chi connectivity index (χ0) is 19.1. The Labute approximate surface area is 165 Å². The van der Waals surface area contributed by atoms with Crippen LogP contribution in [-0.4, -0.2) is 52.4 Å². The maximum absolute atomic E-state index is 13.8. The van der Waals surface area contributed by atoms with E-state index in [4.69, 9.17) is 0 Å². The summed E-state index contributed by atoms with van der Waals surface area (Å²) in [7, 11) is 0. The summed E-state index contributed by atoms with van der Waals surface area (Å²) >= 11 is 0. The summed E-state index contributed by atoms with van der Waals surface area (Å²) in [4.78, 5) is 20.8. The van der Waals surface area contributed by atoms with Crippen LogP contribution in [0.4, 0.5) is 4.39 Å². The van der Waals surface area contributed by atoms with Gasteiger partial charge in [-0.2, -0.15) is 0 Å². The lowest BCUT2D eigenvalue weighted by Gasteiger charge is -2.57. The van der Waals surface area contributed by atoms with Crippen molar-refractivity contribution in [3.8, 4) is 0 Å². The second-order valence-electron chi connectivity index (χ2n) is 8.75. The third-order valence-corrected chi connectivity index (χ3v) is 7.07. The van der Waals surface area contributed by atoms with Gasteiger partial charge in [0.15, 0.2) is 0 Å². The summed E-state index contributed by atoms with van der Waals surface area (Å²) in [5.74, 6) is 0.971. The molecular weight excluding hydrogens is 353 g/mol. The van der Waals surface area contributed by atoms with E-state index in [-0.39, 0.29) is 11.7 Å². The summed E-state index contributed by atoms with van der Waals surface area (Å²) in [6.45, 7) is 2.81. The summed E-state index contributed by atoms with van der Waals surface area (Å²) in [6, 6.07) is 11.7. The van der Waals surface area contributed by atoms with Crippen LogP contribution < -0.4 is 0 Å². The van der Waals surface area contributed by atoms with Crippen molar-refractivity contribution in [2.45, 2.75) is 44.2 Å². The van der Waals surface area contributed by atoms with Gasteiger partial charge in [0.25, 0.3) is 5.91 Å². The number of hydrogen-bond acceptors (Lipinski definition) is 2. The second kappa shape index (κ2) is 7.36. The Kier molecular flexibility index (Phi) is 4.71. The van der Waals surface area contributed by atoms with Gasteiger partial charge in [-0.1, -0.05) is 18.6 Å². The molecule has 1 amide bonds. The minimum Gasteiger partial charge on any atom is -0.357 e. The van der Waals surface area contributed by atoms with Crippen molar-refractivity contribution in [2.24, 2.45) is 11.8 Å². The quantitative estimate of drug-likeness (QED) is 0.880. The van der Waals surface area contributed by atoms with Crippen molar-refractivity contribution in [1.82, 2.24) is 14.8 Å². The smallest absolute Gasteiger partial charge is 0.270 e. The number of fused-ring (bicyclic) bond motifs is 4. The Hall–Kier alpha value is -2.14. The van der Waals surface area contributed by atoms with Crippen LogP contribution >= 0.6 is 0 Å². The van der Waals surface area contributed by atoms with E-state index in [1.807, 2.05) is 30.5 Å². The number of carbonyl (C=O) groups is 1. The molecule has 3 saturated heterocycles. The first kappa shape index (κ1) is 17.9. The van der Waals surface area contributed by atoms with Gasteiger partial charge in [0.1, 0.15) is 11.5 Å². The molecule has 0 saturated carbocycles. The number of halogens is 1. The van der Waals surface area contributed by atoms with E-state index in [2.05, 4.69) is 14.8 Å². The van der Waals surface area contributed by atoms with Crippen LogP contribution in [0.15, 0.2) is 42.6 Å². The molecule has 4 heterocycles. The molecule has 0 radical (unpaired) electrons. The third-order valence-electron chi connectivity index (χ3n) is 7.07. The predicted molar refractivity (Wildman–Crippen MR) is 107 cm³/mol. The fraction of sp³-hybridized carbons (Fsp3) is 0.522. The van der Waals surface area contributed by atoms with Crippen molar-refractivity contribution >= 4 is 5.91 Å². The number of H-pyrrole nitrogens is 1. The zero-order valence-corrected chi connectivity index (χ0v) is 16.2. The molecule has 3 fully saturated rings. The number of nitrogens with one attached hydrogen (secondary N) is 1. The highest BCUT2D eigenvalue weighted by Crippen LogP contribution is 2.42. The average Bonchev–Trinajstić information content (AvgIpc) is 3.25. The molecule has 28 heavy (non-hydrogen) atoms. The molecule has 2 bridgehead atoms. The number of likely N-dealkylation sites (tertiary alicyclic amines) is 1. The molecule has 4 atom stereocenters. The number of nitrogens with zero attached hydrogens (tertiary/aromatic N) is 2. The van der Waals surface area contributed by atoms with Gasteiger partial charge >= 0.3 is 0 Å². The largest absolute Gasteiger partial charge is 0.357 e. The van der Waals surface area contributed by atoms with Gasteiger partial charge in [-0.3, -0.25) is 9.69 Å². The Balaban J connectivity index is 1.42. The molecule has 2 aromatic rings. The van der Waals surface area contributed by atoms with E-state index in [0.29, 0.717) is 29.6 Å². The standard InChI is InChI=1S/C23H28FN3O/c24-19-6-3-5-16(11-19)12-22-18-13-17(21-8-1-2-10-27(21)22)14-26(15-18)23(28)20-7-4-9-25-20/h3-7,9,11,17-18,21-22,25H,1-2,8,10,12-15H2/t17-,18+,21+,22+/m1/s1. The predicted octanol–water partition coefficient (Wildman–Crippen LogP) is 3.71. The number of rotatable bonds is 3. The molecule has 0 spiro atoms. The molecule has 0 unspecified atom stereocenters. The number of aromatic amines is 1. The highest BCUT2D eigenvalue weighted by molar-refractivity contribution is 5.92. The fourth-order valence-electron chi connectivity index (χ4n) is 5.89. The lowest BCUT2D eigenvalue weighted by Crippen LogP contribution is -2.64. The Morgan fingerprint density at radius 2 is 2.04 bits per heavy atom. The topological polar surface area (TPSA) is 39.3 Å². The fourth-order valence-corrected chi connectivity index (χ4v) is 5.89. The molecule has 4 nitrogen and oxygen atoms in total. The molecule has 1 aromatic heterocycles.